The second kappa shape index (κ2) is 9.67. The molecule has 2 aromatic heterocycles. The van der Waals surface area contributed by atoms with E-state index < -0.39 is 5.91 Å². The van der Waals surface area contributed by atoms with Crippen LogP contribution in [0, 0.1) is 13.8 Å². The zero-order valence-electron chi connectivity index (χ0n) is 18.5. The summed E-state index contributed by atoms with van der Waals surface area (Å²) >= 11 is 1.48. The van der Waals surface area contributed by atoms with E-state index in [2.05, 4.69) is 15.8 Å². The number of amides is 2. The number of hydrogen-bond donors (Lipinski definition) is 2. The average molecular weight is 454 g/mol. The van der Waals surface area contributed by atoms with E-state index in [-0.39, 0.29) is 11.6 Å². The summed E-state index contributed by atoms with van der Waals surface area (Å²) in [6.45, 7) is 4.92. The number of anilines is 1. The van der Waals surface area contributed by atoms with Crippen LogP contribution in [0.1, 0.15) is 55.3 Å². The fraction of sp³-hybridized carbons (Fsp3) is 0.375. The number of carbonyl (C=O) groups is 2. The highest BCUT2D eigenvalue weighted by atomic mass is 32.1. The first kappa shape index (κ1) is 22.2. The maximum atomic E-state index is 12.9. The molecule has 32 heavy (non-hydrogen) atoms. The van der Waals surface area contributed by atoms with E-state index >= 15 is 0 Å². The molecule has 0 fully saturated rings. The van der Waals surface area contributed by atoms with Gasteiger partial charge in [-0.15, -0.1) is 11.3 Å². The van der Waals surface area contributed by atoms with Gasteiger partial charge in [-0.2, -0.15) is 0 Å². The molecule has 1 aliphatic carbocycles. The van der Waals surface area contributed by atoms with Crippen molar-refractivity contribution in [1.29, 1.82) is 0 Å². The summed E-state index contributed by atoms with van der Waals surface area (Å²) in [5.74, 6) is -0.0534. The Morgan fingerprint density at radius 2 is 1.94 bits per heavy atom. The normalized spacial score (nSPS) is 13.0. The third-order valence-electron chi connectivity index (χ3n) is 5.75. The summed E-state index contributed by atoms with van der Waals surface area (Å²) in [4.78, 5) is 27.0. The SMILES string of the molecule is COCCNC(=O)c1c(NC(=O)c2cc(-c3ccc(C)c(C)c3)on2)sc2c1CCCC2. The number of nitrogens with zero attached hydrogens (tertiary/aromatic N) is 1. The van der Waals surface area contributed by atoms with Crippen LogP contribution in [0.25, 0.3) is 11.3 Å². The number of carbonyl (C=O) groups excluding carboxylic acids is 2. The first-order chi connectivity index (χ1) is 15.5. The Balaban J connectivity index is 1.57. The molecular formula is C24H27N3O4S. The van der Waals surface area contributed by atoms with E-state index in [0.717, 1.165) is 42.4 Å². The lowest BCUT2D eigenvalue weighted by atomic mass is 9.95. The molecule has 0 spiro atoms. The molecule has 4 rings (SSSR count). The minimum Gasteiger partial charge on any atom is -0.383 e. The monoisotopic (exact) mass is 453 g/mol. The molecule has 2 amide bonds. The van der Waals surface area contributed by atoms with Crippen LogP contribution in [0.3, 0.4) is 0 Å². The topological polar surface area (TPSA) is 93.5 Å². The second-order valence-electron chi connectivity index (χ2n) is 7.99. The highest BCUT2D eigenvalue weighted by Gasteiger charge is 2.27. The van der Waals surface area contributed by atoms with Crippen LogP contribution in [0.5, 0.6) is 0 Å². The lowest BCUT2D eigenvalue weighted by molar-refractivity contribution is 0.0937. The number of hydrogen-bond acceptors (Lipinski definition) is 6. The number of ether oxygens (including phenoxy) is 1. The molecule has 3 aromatic rings. The molecule has 1 aliphatic rings. The van der Waals surface area contributed by atoms with Gasteiger partial charge in [0.05, 0.1) is 12.2 Å². The highest BCUT2D eigenvalue weighted by molar-refractivity contribution is 7.17. The molecule has 7 nitrogen and oxygen atoms in total. The molecule has 8 heteroatoms. The summed E-state index contributed by atoms with van der Waals surface area (Å²) < 4.78 is 10.5. The van der Waals surface area contributed by atoms with Gasteiger partial charge in [-0.3, -0.25) is 9.59 Å². The van der Waals surface area contributed by atoms with Crippen molar-refractivity contribution in [3.05, 3.63) is 57.1 Å². The van der Waals surface area contributed by atoms with Crippen molar-refractivity contribution in [3.63, 3.8) is 0 Å². The van der Waals surface area contributed by atoms with Gasteiger partial charge in [-0.25, -0.2) is 0 Å². The minimum atomic E-state index is -0.395. The average Bonchev–Trinajstić information content (AvgIpc) is 3.41. The molecule has 0 atom stereocenters. The van der Waals surface area contributed by atoms with Crippen molar-refractivity contribution in [2.75, 3.05) is 25.6 Å². The maximum absolute atomic E-state index is 12.9. The van der Waals surface area contributed by atoms with E-state index in [4.69, 9.17) is 9.26 Å². The number of methoxy groups -OCH3 is 1. The van der Waals surface area contributed by atoms with Gasteiger partial charge in [0.25, 0.3) is 11.8 Å². The first-order valence-electron chi connectivity index (χ1n) is 10.7. The molecule has 2 N–H and O–H groups in total. The highest BCUT2D eigenvalue weighted by Crippen LogP contribution is 2.38. The molecule has 0 radical (unpaired) electrons. The summed E-state index contributed by atoms with van der Waals surface area (Å²) in [5, 5.41) is 10.3. The predicted octanol–water partition coefficient (Wildman–Crippen LogP) is 4.53. The van der Waals surface area contributed by atoms with Crippen molar-refractivity contribution >= 4 is 28.2 Å². The van der Waals surface area contributed by atoms with E-state index in [1.165, 1.54) is 21.8 Å². The van der Waals surface area contributed by atoms with E-state index in [1.54, 1.807) is 13.2 Å². The van der Waals surface area contributed by atoms with Crippen LogP contribution in [-0.4, -0.2) is 37.2 Å². The number of aryl methyl sites for hydroxylation is 3. The molecule has 0 saturated heterocycles. The lowest BCUT2D eigenvalue weighted by Gasteiger charge is -2.13. The second-order valence-corrected chi connectivity index (χ2v) is 9.10. The van der Waals surface area contributed by atoms with Gasteiger partial charge in [-0.1, -0.05) is 17.3 Å². The van der Waals surface area contributed by atoms with Gasteiger partial charge in [0.1, 0.15) is 5.00 Å². The number of fused-ring (bicyclic) bond motifs is 1. The summed E-state index contributed by atoms with van der Waals surface area (Å²) in [5.41, 5.74) is 4.97. The lowest BCUT2D eigenvalue weighted by Crippen LogP contribution is -2.28. The molecule has 0 unspecified atom stereocenters. The zero-order valence-corrected chi connectivity index (χ0v) is 19.4. The molecule has 1 aromatic carbocycles. The van der Waals surface area contributed by atoms with Crippen LogP contribution in [-0.2, 0) is 17.6 Å². The van der Waals surface area contributed by atoms with Crippen LogP contribution in [0.4, 0.5) is 5.00 Å². The van der Waals surface area contributed by atoms with Crippen LogP contribution < -0.4 is 10.6 Å². The Morgan fingerprint density at radius 1 is 1.12 bits per heavy atom. The quantitative estimate of drug-likeness (QED) is 0.513. The number of aromatic nitrogens is 1. The Bertz CT molecular complexity index is 1150. The Hall–Kier alpha value is -2.97. The van der Waals surface area contributed by atoms with Gasteiger partial charge in [0.2, 0.25) is 0 Å². The third kappa shape index (κ3) is 4.61. The molecule has 0 saturated carbocycles. The number of nitrogens with one attached hydrogen (secondary N) is 2. The Morgan fingerprint density at radius 3 is 2.72 bits per heavy atom. The van der Waals surface area contributed by atoms with E-state index in [1.807, 2.05) is 32.0 Å². The minimum absolute atomic E-state index is 0.176. The fourth-order valence-electron chi connectivity index (χ4n) is 3.83. The van der Waals surface area contributed by atoms with Gasteiger partial charge >= 0.3 is 0 Å². The van der Waals surface area contributed by atoms with Gasteiger partial charge in [0, 0.05) is 30.2 Å². The van der Waals surface area contributed by atoms with Gasteiger partial charge < -0.3 is 19.9 Å². The number of thiophene rings is 1. The third-order valence-corrected chi connectivity index (χ3v) is 6.96. The molecule has 168 valence electrons. The van der Waals surface area contributed by atoms with Crippen LogP contribution in [0.2, 0.25) is 0 Å². The number of benzene rings is 1. The van der Waals surface area contributed by atoms with Crippen molar-refractivity contribution in [2.24, 2.45) is 0 Å². The molecular weight excluding hydrogens is 426 g/mol. The Labute approximate surface area is 191 Å². The van der Waals surface area contributed by atoms with Crippen molar-refractivity contribution in [2.45, 2.75) is 39.5 Å². The Kier molecular flexibility index (Phi) is 6.72. The van der Waals surface area contributed by atoms with Gasteiger partial charge in [0.15, 0.2) is 11.5 Å². The fourth-order valence-corrected chi connectivity index (χ4v) is 5.11. The summed E-state index contributed by atoms with van der Waals surface area (Å²) in [7, 11) is 1.59. The van der Waals surface area contributed by atoms with Crippen molar-refractivity contribution < 1.29 is 18.8 Å². The van der Waals surface area contributed by atoms with Gasteiger partial charge in [-0.05, 0) is 62.3 Å². The van der Waals surface area contributed by atoms with Crippen molar-refractivity contribution in [3.8, 4) is 11.3 Å². The number of rotatable bonds is 7. The molecule has 2 heterocycles. The molecule has 0 aliphatic heterocycles. The summed E-state index contributed by atoms with van der Waals surface area (Å²) in [6, 6.07) is 7.59. The first-order valence-corrected chi connectivity index (χ1v) is 11.6. The standard InChI is InChI=1S/C24H27N3O4S/c1-14-8-9-16(12-15(14)2)19-13-18(27-31-19)22(28)26-24-21(23(29)25-10-11-30-3)17-6-4-5-7-20(17)32-24/h8-9,12-13H,4-7,10-11H2,1-3H3,(H,25,29)(H,26,28). The largest absolute Gasteiger partial charge is 0.383 e. The van der Waals surface area contributed by atoms with Crippen molar-refractivity contribution in [1.82, 2.24) is 10.5 Å². The predicted molar refractivity (Wildman–Crippen MR) is 125 cm³/mol. The van der Waals surface area contributed by atoms with Crippen LogP contribution >= 0.6 is 11.3 Å². The van der Waals surface area contributed by atoms with E-state index in [9.17, 15) is 9.59 Å². The maximum Gasteiger partial charge on any atom is 0.278 e. The zero-order chi connectivity index (χ0) is 22.7. The van der Waals surface area contributed by atoms with E-state index in [0.29, 0.717) is 29.5 Å². The summed E-state index contributed by atoms with van der Waals surface area (Å²) in [6.07, 6.45) is 3.90. The smallest absolute Gasteiger partial charge is 0.278 e. The van der Waals surface area contributed by atoms with Crippen LogP contribution in [0.15, 0.2) is 28.8 Å². The molecule has 0 bridgehead atoms.